The number of hydrogen-bond donors (Lipinski definition) is 1. The van der Waals surface area contributed by atoms with Gasteiger partial charge < -0.3 is 5.32 Å². The Hall–Kier alpha value is -3.13. The number of aryl methyl sites for hydroxylation is 1. The summed E-state index contributed by atoms with van der Waals surface area (Å²) in [5.74, 6) is 1.33. The maximum atomic E-state index is 13.4. The van der Waals surface area contributed by atoms with Crippen LogP contribution >= 0.6 is 11.8 Å². The van der Waals surface area contributed by atoms with Crippen LogP contribution in [-0.4, -0.2) is 31.1 Å². The van der Waals surface area contributed by atoms with E-state index in [1.165, 1.54) is 11.1 Å². The molecule has 0 aliphatic carbocycles. The summed E-state index contributed by atoms with van der Waals surface area (Å²) in [6.45, 7) is 10.7. The predicted octanol–water partition coefficient (Wildman–Crippen LogP) is 4.83. The van der Waals surface area contributed by atoms with Gasteiger partial charge in [0, 0.05) is 23.9 Å². The van der Waals surface area contributed by atoms with Crippen molar-refractivity contribution in [2.45, 2.75) is 64.5 Å². The first-order valence-corrected chi connectivity index (χ1v) is 12.7. The number of carbonyl (C=O) groups is 1. The van der Waals surface area contributed by atoms with E-state index in [1.807, 2.05) is 18.2 Å². The summed E-state index contributed by atoms with van der Waals surface area (Å²) >= 11 is 1.57. The molecule has 2 aromatic carbocycles. The number of rotatable bonds is 8. The highest BCUT2D eigenvalue weighted by Crippen LogP contribution is 2.26. The van der Waals surface area contributed by atoms with E-state index in [4.69, 9.17) is 0 Å². The third-order valence-corrected chi connectivity index (χ3v) is 6.86. The summed E-state index contributed by atoms with van der Waals surface area (Å²) in [6.07, 6.45) is 0.842. The molecule has 1 N–H and O–H groups in total. The number of carbonyl (C=O) groups excluding carboxylic acids is 1. The van der Waals surface area contributed by atoms with Crippen molar-refractivity contribution in [2.24, 2.45) is 5.92 Å². The molecule has 4 aromatic rings. The van der Waals surface area contributed by atoms with Crippen LogP contribution < -0.4 is 10.9 Å². The molecule has 0 saturated carbocycles. The Labute approximate surface area is 203 Å². The third-order valence-electron chi connectivity index (χ3n) is 5.86. The molecule has 2 aromatic heterocycles. The standard InChI is InChI=1S/C26H31N5O2S/c1-6-18(5)27-23(32)20-11-12-21-22(13-20)31-25(30(24(21)33)14-16(2)3)28-29-26(31)34-15-19-9-7-17(4)8-10-19/h7-13,16,18H,6,14-15H2,1-5H3,(H,27,32). The van der Waals surface area contributed by atoms with Gasteiger partial charge in [0.15, 0.2) is 5.16 Å². The summed E-state index contributed by atoms with van der Waals surface area (Å²) in [5, 5.41) is 13.1. The second kappa shape index (κ2) is 10.0. The average molecular weight is 478 g/mol. The number of aromatic nitrogens is 4. The highest BCUT2D eigenvalue weighted by molar-refractivity contribution is 7.98. The van der Waals surface area contributed by atoms with Crippen molar-refractivity contribution in [1.29, 1.82) is 0 Å². The summed E-state index contributed by atoms with van der Waals surface area (Å²) in [5.41, 5.74) is 3.44. The largest absolute Gasteiger partial charge is 0.350 e. The molecule has 1 amide bonds. The van der Waals surface area contributed by atoms with Crippen molar-refractivity contribution in [1.82, 2.24) is 24.5 Å². The SMILES string of the molecule is CCC(C)NC(=O)c1ccc2c(=O)n(CC(C)C)c3nnc(SCc4ccc(C)cc4)n3c2c1. The van der Waals surface area contributed by atoms with Crippen molar-refractivity contribution in [3.8, 4) is 0 Å². The van der Waals surface area contributed by atoms with Gasteiger partial charge in [0.05, 0.1) is 10.9 Å². The van der Waals surface area contributed by atoms with Gasteiger partial charge in [-0.2, -0.15) is 0 Å². The van der Waals surface area contributed by atoms with E-state index in [9.17, 15) is 9.59 Å². The summed E-state index contributed by atoms with van der Waals surface area (Å²) < 4.78 is 3.60. The topological polar surface area (TPSA) is 81.3 Å². The minimum absolute atomic E-state index is 0.0674. The lowest BCUT2D eigenvalue weighted by molar-refractivity contribution is 0.0939. The molecular formula is C26H31N5O2S. The smallest absolute Gasteiger partial charge is 0.262 e. The number of hydrogen-bond acceptors (Lipinski definition) is 5. The van der Waals surface area contributed by atoms with Crippen molar-refractivity contribution in [2.75, 3.05) is 0 Å². The fourth-order valence-corrected chi connectivity index (χ4v) is 4.68. The minimum Gasteiger partial charge on any atom is -0.350 e. The molecule has 2 heterocycles. The Morgan fingerprint density at radius 1 is 1.09 bits per heavy atom. The number of nitrogens with zero attached hydrogens (tertiary/aromatic N) is 4. The second-order valence-corrected chi connectivity index (χ2v) is 10.2. The lowest BCUT2D eigenvalue weighted by Crippen LogP contribution is -2.32. The molecule has 0 saturated heterocycles. The van der Waals surface area contributed by atoms with E-state index >= 15 is 0 Å². The lowest BCUT2D eigenvalue weighted by atomic mass is 10.1. The molecule has 0 aliphatic rings. The van der Waals surface area contributed by atoms with Gasteiger partial charge in [-0.1, -0.05) is 62.4 Å². The van der Waals surface area contributed by atoms with Crippen LogP contribution in [0.2, 0.25) is 0 Å². The molecule has 0 aliphatic heterocycles. The lowest BCUT2D eigenvalue weighted by Gasteiger charge is -2.15. The molecule has 34 heavy (non-hydrogen) atoms. The molecule has 1 atom stereocenters. The highest BCUT2D eigenvalue weighted by atomic mass is 32.2. The number of amides is 1. The molecular weight excluding hydrogens is 446 g/mol. The van der Waals surface area contributed by atoms with E-state index in [-0.39, 0.29) is 23.4 Å². The molecule has 8 heteroatoms. The van der Waals surface area contributed by atoms with Gasteiger partial charge >= 0.3 is 0 Å². The van der Waals surface area contributed by atoms with E-state index in [1.54, 1.807) is 34.5 Å². The minimum atomic E-state index is -0.155. The molecule has 1 unspecified atom stereocenters. The average Bonchev–Trinajstić information content (AvgIpc) is 3.24. The number of benzene rings is 2. The Balaban J connectivity index is 1.85. The number of fused-ring (bicyclic) bond motifs is 3. The third kappa shape index (κ3) is 4.87. The Bertz CT molecular complexity index is 1390. The Morgan fingerprint density at radius 3 is 2.50 bits per heavy atom. The number of thioether (sulfide) groups is 1. The molecule has 7 nitrogen and oxygen atoms in total. The van der Waals surface area contributed by atoms with E-state index in [2.05, 4.69) is 60.6 Å². The van der Waals surface area contributed by atoms with Crippen molar-refractivity contribution < 1.29 is 4.79 Å². The fraction of sp³-hybridized carbons (Fsp3) is 0.385. The van der Waals surface area contributed by atoms with Crippen molar-refractivity contribution in [3.63, 3.8) is 0 Å². The van der Waals surface area contributed by atoms with Gasteiger partial charge in [0.25, 0.3) is 11.5 Å². The second-order valence-electron chi connectivity index (χ2n) is 9.22. The van der Waals surface area contributed by atoms with Crippen LogP contribution in [0.5, 0.6) is 0 Å². The van der Waals surface area contributed by atoms with Crippen LogP contribution in [0, 0.1) is 12.8 Å². The summed E-state index contributed by atoms with van der Waals surface area (Å²) in [4.78, 5) is 26.2. The van der Waals surface area contributed by atoms with Gasteiger partial charge in [-0.3, -0.25) is 18.6 Å². The molecule has 4 rings (SSSR count). The van der Waals surface area contributed by atoms with Crippen LogP contribution in [-0.2, 0) is 12.3 Å². The first kappa shape index (κ1) is 24.0. The summed E-state index contributed by atoms with van der Waals surface area (Å²) in [6, 6.07) is 13.7. The fourth-order valence-electron chi connectivity index (χ4n) is 3.79. The molecule has 0 radical (unpaired) electrons. The highest BCUT2D eigenvalue weighted by Gasteiger charge is 2.19. The van der Waals surface area contributed by atoms with Crippen molar-refractivity contribution in [3.05, 3.63) is 69.5 Å². The van der Waals surface area contributed by atoms with Crippen LogP contribution in [0.1, 0.15) is 55.6 Å². The Morgan fingerprint density at radius 2 is 1.82 bits per heavy atom. The van der Waals surface area contributed by atoms with E-state index in [0.29, 0.717) is 33.9 Å². The van der Waals surface area contributed by atoms with Crippen LogP contribution in [0.4, 0.5) is 0 Å². The van der Waals surface area contributed by atoms with E-state index < -0.39 is 0 Å². The normalized spacial score (nSPS) is 12.5. The summed E-state index contributed by atoms with van der Waals surface area (Å²) in [7, 11) is 0. The van der Waals surface area contributed by atoms with Crippen LogP contribution in [0.25, 0.3) is 16.7 Å². The number of nitrogens with one attached hydrogen (secondary N) is 1. The quantitative estimate of drug-likeness (QED) is 0.368. The maximum absolute atomic E-state index is 13.4. The van der Waals surface area contributed by atoms with Gasteiger partial charge in [-0.05, 0) is 49.9 Å². The Kier molecular flexibility index (Phi) is 7.07. The van der Waals surface area contributed by atoms with Gasteiger partial charge in [0.1, 0.15) is 0 Å². The van der Waals surface area contributed by atoms with E-state index in [0.717, 1.165) is 12.2 Å². The molecule has 0 spiro atoms. The monoisotopic (exact) mass is 477 g/mol. The maximum Gasteiger partial charge on any atom is 0.262 e. The zero-order valence-electron chi connectivity index (χ0n) is 20.3. The predicted molar refractivity (Wildman–Crippen MR) is 138 cm³/mol. The zero-order valence-corrected chi connectivity index (χ0v) is 21.1. The van der Waals surface area contributed by atoms with Gasteiger partial charge in [-0.25, -0.2) is 0 Å². The van der Waals surface area contributed by atoms with Crippen LogP contribution in [0.3, 0.4) is 0 Å². The van der Waals surface area contributed by atoms with Crippen LogP contribution in [0.15, 0.2) is 52.4 Å². The van der Waals surface area contributed by atoms with Gasteiger partial charge in [-0.15, -0.1) is 10.2 Å². The molecule has 0 bridgehead atoms. The first-order valence-electron chi connectivity index (χ1n) is 11.7. The zero-order chi connectivity index (χ0) is 24.4. The first-order chi connectivity index (χ1) is 16.3. The molecule has 178 valence electrons. The van der Waals surface area contributed by atoms with Crippen molar-refractivity contribution >= 4 is 34.3 Å². The molecule has 0 fully saturated rings. The van der Waals surface area contributed by atoms with Gasteiger partial charge in [0.2, 0.25) is 5.78 Å².